The fourth-order valence-electron chi connectivity index (χ4n) is 4.46. The van der Waals surface area contributed by atoms with Crippen LogP contribution < -0.4 is 0 Å². The second kappa shape index (κ2) is 8.96. The van der Waals surface area contributed by atoms with E-state index in [2.05, 4.69) is 45.3 Å². The molecule has 1 fully saturated rings. The van der Waals surface area contributed by atoms with E-state index in [-0.39, 0.29) is 5.91 Å². The number of aryl methyl sites for hydroxylation is 4. The lowest BCUT2D eigenvalue weighted by Gasteiger charge is -2.22. The molecule has 0 bridgehead atoms. The number of benzene rings is 1. The largest absolute Gasteiger partial charge is 0.337 e. The zero-order valence-corrected chi connectivity index (χ0v) is 18.3. The summed E-state index contributed by atoms with van der Waals surface area (Å²) in [6.45, 7) is 8.53. The third-order valence-corrected chi connectivity index (χ3v) is 5.99. The number of fused-ring (bicyclic) bond motifs is 1. The molecular formula is C24H31N5O. The molecule has 0 atom stereocenters. The van der Waals surface area contributed by atoms with Gasteiger partial charge in [-0.05, 0) is 57.8 Å². The maximum Gasteiger partial charge on any atom is 0.254 e. The summed E-state index contributed by atoms with van der Waals surface area (Å²) in [6, 6.07) is 12.6. The van der Waals surface area contributed by atoms with Gasteiger partial charge in [-0.2, -0.15) is 5.10 Å². The topological polar surface area (TPSA) is 54.3 Å². The summed E-state index contributed by atoms with van der Waals surface area (Å²) in [7, 11) is 1.88. The fraction of sp³-hybridized carbons (Fsp3) is 0.458. The molecular weight excluding hydrogens is 374 g/mol. The summed E-state index contributed by atoms with van der Waals surface area (Å²) in [4.78, 5) is 22.5. The summed E-state index contributed by atoms with van der Waals surface area (Å²) in [6.07, 6.45) is 3.27. The van der Waals surface area contributed by atoms with Crippen LogP contribution in [-0.2, 0) is 13.5 Å². The first-order chi connectivity index (χ1) is 14.5. The van der Waals surface area contributed by atoms with Crippen LogP contribution >= 0.6 is 0 Å². The first-order valence-corrected chi connectivity index (χ1v) is 10.9. The van der Waals surface area contributed by atoms with Crippen molar-refractivity contribution in [2.75, 3.05) is 32.7 Å². The van der Waals surface area contributed by atoms with Gasteiger partial charge in [0.2, 0.25) is 0 Å². The van der Waals surface area contributed by atoms with Crippen LogP contribution in [0, 0.1) is 13.8 Å². The molecule has 30 heavy (non-hydrogen) atoms. The Balaban J connectivity index is 1.41. The summed E-state index contributed by atoms with van der Waals surface area (Å²) in [5.74, 6) is 0.104. The van der Waals surface area contributed by atoms with E-state index in [0.717, 1.165) is 80.0 Å². The molecule has 3 aromatic rings. The average Bonchev–Trinajstić information content (AvgIpc) is 2.90. The Hall–Kier alpha value is -2.73. The van der Waals surface area contributed by atoms with Crippen molar-refractivity contribution in [3.05, 3.63) is 58.9 Å². The van der Waals surface area contributed by atoms with E-state index in [9.17, 15) is 4.79 Å². The van der Waals surface area contributed by atoms with Gasteiger partial charge in [-0.1, -0.05) is 30.3 Å². The third kappa shape index (κ3) is 4.38. The van der Waals surface area contributed by atoms with E-state index in [1.54, 1.807) is 4.68 Å². The van der Waals surface area contributed by atoms with E-state index in [1.165, 1.54) is 5.56 Å². The molecule has 1 aliphatic heterocycles. The molecule has 0 unspecified atom stereocenters. The number of aromatic nitrogens is 3. The van der Waals surface area contributed by atoms with Crippen molar-refractivity contribution >= 4 is 16.9 Å². The number of pyridine rings is 1. The second-order valence-corrected chi connectivity index (χ2v) is 8.30. The van der Waals surface area contributed by atoms with Crippen molar-refractivity contribution in [3.63, 3.8) is 0 Å². The van der Waals surface area contributed by atoms with E-state index >= 15 is 0 Å². The SMILES string of the molecule is Cc1cc(C(=O)N2CCCN(CCCc3ccccc3)CC2)c2c(C)nn(C)c2n1. The van der Waals surface area contributed by atoms with Gasteiger partial charge in [0.05, 0.1) is 16.6 Å². The number of carbonyl (C=O) groups excluding carboxylic acids is 1. The van der Waals surface area contributed by atoms with Crippen LogP contribution in [0.1, 0.15) is 40.2 Å². The van der Waals surface area contributed by atoms with Gasteiger partial charge in [0, 0.05) is 32.4 Å². The first kappa shape index (κ1) is 20.5. The summed E-state index contributed by atoms with van der Waals surface area (Å²) >= 11 is 0. The molecule has 6 heteroatoms. The normalized spacial score (nSPS) is 15.5. The third-order valence-electron chi connectivity index (χ3n) is 5.99. The molecule has 158 valence electrons. The number of amides is 1. The van der Waals surface area contributed by atoms with Crippen LogP contribution in [0.2, 0.25) is 0 Å². The van der Waals surface area contributed by atoms with Gasteiger partial charge >= 0.3 is 0 Å². The van der Waals surface area contributed by atoms with Crippen LogP contribution in [0.3, 0.4) is 0 Å². The maximum absolute atomic E-state index is 13.4. The van der Waals surface area contributed by atoms with Gasteiger partial charge in [0.25, 0.3) is 5.91 Å². The van der Waals surface area contributed by atoms with Crippen LogP contribution in [0.4, 0.5) is 0 Å². The fourth-order valence-corrected chi connectivity index (χ4v) is 4.46. The van der Waals surface area contributed by atoms with E-state index < -0.39 is 0 Å². The quantitative estimate of drug-likeness (QED) is 0.653. The van der Waals surface area contributed by atoms with Crippen molar-refractivity contribution in [2.24, 2.45) is 7.05 Å². The zero-order chi connectivity index (χ0) is 21.1. The highest BCUT2D eigenvalue weighted by molar-refractivity contribution is 6.06. The van der Waals surface area contributed by atoms with Crippen LogP contribution in [0.5, 0.6) is 0 Å². The molecule has 0 saturated carbocycles. The molecule has 1 aliphatic rings. The molecule has 1 aromatic carbocycles. The van der Waals surface area contributed by atoms with Crippen LogP contribution in [0.25, 0.3) is 11.0 Å². The van der Waals surface area contributed by atoms with Crippen molar-refractivity contribution in [1.82, 2.24) is 24.6 Å². The second-order valence-electron chi connectivity index (χ2n) is 8.30. The number of hydrogen-bond donors (Lipinski definition) is 0. The summed E-state index contributed by atoms with van der Waals surface area (Å²) in [5.41, 5.74) is 4.63. The van der Waals surface area contributed by atoms with Crippen molar-refractivity contribution in [3.8, 4) is 0 Å². The molecule has 1 saturated heterocycles. The van der Waals surface area contributed by atoms with E-state index in [4.69, 9.17) is 0 Å². The minimum absolute atomic E-state index is 0.104. The number of hydrogen-bond acceptors (Lipinski definition) is 4. The molecule has 0 N–H and O–H groups in total. The Morgan fingerprint density at radius 3 is 2.67 bits per heavy atom. The highest BCUT2D eigenvalue weighted by atomic mass is 16.2. The Kier molecular flexibility index (Phi) is 6.13. The molecule has 0 aliphatic carbocycles. The summed E-state index contributed by atoms with van der Waals surface area (Å²) in [5, 5.41) is 5.37. The highest BCUT2D eigenvalue weighted by Crippen LogP contribution is 2.23. The molecule has 6 nitrogen and oxygen atoms in total. The summed E-state index contributed by atoms with van der Waals surface area (Å²) < 4.78 is 1.77. The van der Waals surface area contributed by atoms with Crippen LogP contribution in [0.15, 0.2) is 36.4 Å². The van der Waals surface area contributed by atoms with Crippen molar-refractivity contribution in [1.29, 1.82) is 0 Å². The lowest BCUT2D eigenvalue weighted by Crippen LogP contribution is -2.35. The van der Waals surface area contributed by atoms with E-state index in [0.29, 0.717) is 0 Å². The lowest BCUT2D eigenvalue weighted by atomic mass is 10.1. The molecule has 3 heterocycles. The van der Waals surface area contributed by atoms with Gasteiger partial charge in [-0.15, -0.1) is 0 Å². The Bertz CT molecular complexity index is 1030. The van der Waals surface area contributed by atoms with Gasteiger partial charge < -0.3 is 9.80 Å². The maximum atomic E-state index is 13.4. The molecule has 0 spiro atoms. The Morgan fingerprint density at radius 1 is 1.07 bits per heavy atom. The number of carbonyl (C=O) groups is 1. The average molecular weight is 406 g/mol. The van der Waals surface area contributed by atoms with Gasteiger partial charge in [-0.3, -0.25) is 9.48 Å². The molecule has 0 radical (unpaired) electrons. The van der Waals surface area contributed by atoms with Gasteiger partial charge in [0.15, 0.2) is 5.65 Å². The van der Waals surface area contributed by atoms with E-state index in [1.807, 2.05) is 31.9 Å². The standard InChI is InChI=1S/C24H31N5O/c1-18-17-21(22-19(2)26-27(3)23(22)25-18)24(30)29-14-8-13-28(15-16-29)12-7-11-20-9-5-4-6-10-20/h4-6,9-10,17H,7-8,11-16H2,1-3H3. The van der Waals surface area contributed by atoms with Crippen molar-refractivity contribution in [2.45, 2.75) is 33.1 Å². The Morgan fingerprint density at radius 2 is 1.87 bits per heavy atom. The molecule has 2 aromatic heterocycles. The predicted octanol–water partition coefficient (Wildman–Crippen LogP) is 3.37. The minimum Gasteiger partial charge on any atom is -0.337 e. The van der Waals surface area contributed by atoms with Crippen LogP contribution in [-0.4, -0.2) is 63.2 Å². The smallest absolute Gasteiger partial charge is 0.254 e. The molecule has 1 amide bonds. The highest BCUT2D eigenvalue weighted by Gasteiger charge is 2.24. The van der Waals surface area contributed by atoms with Crippen molar-refractivity contribution < 1.29 is 4.79 Å². The minimum atomic E-state index is 0.104. The number of nitrogens with zero attached hydrogens (tertiary/aromatic N) is 5. The van der Waals surface area contributed by atoms with Gasteiger partial charge in [-0.25, -0.2) is 4.98 Å². The first-order valence-electron chi connectivity index (χ1n) is 10.9. The van der Waals surface area contributed by atoms with Gasteiger partial charge in [0.1, 0.15) is 0 Å². The predicted molar refractivity (Wildman–Crippen MR) is 120 cm³/mol. The number of rotatable bonds is 5. The monoisotopic (exact) mass is 405 g/mol. The lowest BCUT2D eigenvalue weighted by molar-refractivity contribution is 0.0763. The zero-order valence-electron chi connectivity index (χ0n) is 18.3. The Labute approximate surface area is 178 Å². The molecule has 4 rings (SSSR count).